The van der Waals surface area contributed by atoms with Crippen molar-refractivity contribution in [3.63, 3.8) is 0 Å². The topological polar surface area (TPSA) is 52.6 Å². The lowest BCUT2D eigenvalue weighted by Gasteiger charge is -2.00. The second-order valence-electron chi connectivity index (χ2n) is 4.16. The molecular formula is C14H24O4. The van der Waals surface area contributed by atoms with Gasteiger partial charge in [0, 0.05) is 13.3 Å². The number of carbonyl (C=O) groups excluding carboxylic acids is 2. The molecule has 18 heavy (non-hydrogen) atoms. The van der Waals surface area contributed by atoms with Gasteiger partial charge in [0.2, 0.25) is 0 Å². The molecule has 0 bridgehead atoms. The Morgan fingerprint density at radius 2 is 1.67 bits per heavy atom. The lowest BCUT2D eigenvalue weighted by Crippen LogP contribution is -1.99. The van der Waals surface area contributed by atoms with Crippen LogP contribution in [0.2, 0.25) is 0 Å². The molecule has 0 aliphatic carbocycles. The summed E-state index contributed by atoms with van der Waals surface area (Å²) in [6.45, 7) is 1.77. The summed E-state index contributed by atoms with van der Waals surface area (Å²) in [5.74, 6) is -0.367. The second kappa shape index (κ2) is 12.1. The van der Waals surface area contributed by atoms with E-state index in [0.29, 0.717) is 13.0 Å². The number of esters is 2. The van der Waals surface area contributed by atoms with Crippen LogP contribution in [-0.2, 0) is 19.1 Å². The Hall–Kier alpha value is -1.32. The van der Waals surface area contributed by atoms with Crippen LogP contribution in [0.1, 0.15) is 51.9 Å². The molecule has 0 saturated carbocycles. The predicted molar refractivity (Wildman–Crippen MR) is 70.1 cm³/mol. The van der Waals surface area contributed by atoms with Gasteiger partial charge in [0.25, 0.3) is 0 Å². The predicted octanol–water partition coefficient (Wildman–Crippen LogP) is 3.01. The van der Waals surface area contributed by atoms with E-state index in [-0.39, 0.29) is 11.9 Å². The maximum absolute atomic E-state index is 10.8. The Morgan fingerprint density at radius 3 is 2.33 bits per heavy atom. The first kappa shape index (κ1) is 16.7. The zero-order valence-corrected chi connectivity index (χ0v) is 11.4. The molecule has 0 rings (SSSR count). The monoisotopic (exact) mass is 256 g/mol. The molecule has 104 valence electrons. The van der Waals surface area contributed by atoms with Crippen LogP contribution >= 0.6 is 0 Å². The summed E-state index contributed by atoms with van der Waals surface area (Å²) in [5.41, 5.74) is 0. The van der Waals surface area contributed by atoms with Crippen molar-refractivity contribution < 1.29 is 19.1 Å². The number of hydrogen-bond acceptors (Lipinski definition) is 4. The molecule has 0 fully saturated rings. The van der Waals surface area contributed by atoms with Gasteiger partial charge in [-0.1, -0.05) is 31.4 Å². The molecule has 0 heterocycles. The van der Waals surface area contributed by atoms with Crippen molar-refractivity contribution in [2.24, 2.45) is 0 Å². The summed E-state index contributed by atoms with van der Waals surface area (Å²) in [4.78, 5) is 21.3. The summed E-state index contributed by atoms with van der Waals surface area (Å²) in [6.07, 6.45) is 10.9. The molecule has 0 unspecified atom stereocenters. The number of carbonyl (C=O) groups is 2. The first-order chi connectivity index (χ1) is 8.66. The van der Waals surface area contributed by atoms with E-state index in [4.69, 9.17) is 4.74 Å². The minimum Gasteiger partial charge on any atom is -0.469 e. The van der Waals surface area contributed by atoms with Gasteiger partial charge in [0.05, 0.1) is 7.11 Å². The first-order valence-corrected chi connectivity index (χ1v) is 6.52. The number of hydrogen-bond donors (Lipinski definition) is 0. The smallest absolute Gasteiger partial charge is 0.305 e. The third-order valence-electron chi connectivity index (χ3n) is 2.53. The van der Waals surface area contributed by atoms with Crippen LogP contribution in [0, 0.1) is 0 Å². The van der Waals surface area contributed by atoms with Crippen molar-refractivity contribution in [2.75, 3.05) is 13.7 Å². The minimum atomic E-state index is -0.245. The summed E-state index contributed by atoms with van der Waals surface area (Å²) in [5, 5.41) is 0. The lowest BCUT2D eigenvalue weighted by atomic mass is 10.1. The number of methoxy groups -OCH3 is 1. The molecule has 0 aliphatic rings. The average Bonchev–Trinajstić information content (AvgIpc) is 2.35. The van der Waals surface area contributed by atoms with E-state index in [2.05, 4.69) is 4.74 Å². The van der Waals surface area contributed by atoms with E-state index in [9.17, 15) is 9.59 Å². The number of allylic oxidation sites excluding steroid dienone is 1. The fraction of sp³-hybridized carbons (Fsp3) is 0.714. The second-order valence-corrected chi connectivity index (χ2v) is 4.16. The van der Waals surface area contributed by atoms with Gasteiger partial charge in [-0.15, -0.1) is 0 Å². The molecule has 0 aromatic rings. The van der Waals surface area contributed by atoms with Crippen molar-refractivity contribution in [3.05, 3.63) is 12.2 Å². The van der Waals surface area contributed by atoms with Crippen LogP contribution in [0.4, 0.5) is 0 Å². The van der Waals surface area contributed by atoms with Crippen molar-refractivity contribution in [3.8, 4) is 0 Å². The zero-order valence-electron chi connectivity index (χ0n) is 11.4. The molecule has 0 aromatic heterocycles. The highest BCUT2D eigenvalue weighted by molar-refractivity contribution is 5.68. The molecule has 0 atom stereocenters. The SMILES string of the molecule is COC(=O)CCCCCCCC=CCOC(C)=O. The van der Waals surface area contributed by atoms with Crippen LogP contribution in [0.15, 0.2) is 12.2 Å². The molecule has 0 radical (unpaired) electrons. The van der Waals surface area contributed by atoms with E-state index in [1.165, 1.54) is 20.5 Å². The van der Waals surface area contributed by atoms with Crippen molar-refractivity contribution in [1.29, 1.82) is 0 Å². The van der Waals surface area contributed by atoms with Gasteiger partial charge < -0.3 is 9.47 Å². The van der Waals surface area contributed by atoms with Crippen molar-refractivity contribution >= 4 is 11.9 Å². The number of unbranched alkanes of at least 4 members (excludes halogenated alkanes) is 5. The van der Waals surface area contributed by atoms with Crippen molar-refractivity contribution in [1.82, 2.24) is 0 Å². The summed E-state index contributed by atoms with van der Waals surface area (Å²) >= 11 is 0. The highest BCUT2D eigenvalue weighted by Gasteiger charge is 1.98. The van der Waals surface area contributed by atoms with Crippen LogP contribution in [0.3, 0.4) is 0 Å². The Balaban J connectivity index is 3.16. The van der Waals surface area contributed by atoms with Crippen LogP contribution in [0.5, 0.6) is 0 Å². The standard InChI is InChI=1S/C14H24O4/c1-13(15)18-12-10-8-6-4-3-5-7-9-11-14(16)17-2/h8,10H,3-7,9,11-12H2,1-2H3. The fourth-order valence-electron chi connectivity index (χ4n) is 1.52. The average molecular weight is 256 g/mol. The van der Waals surface area contributed by atoms with Crippen LogP contribution in [0.25, 0.3) is 0 Å². The van der Waals surface area contributed by atoms with Gasteiger partial charge in [-0.05, 0) is 19.3 Å². The minimum absolute atomic E-state index is 0.122. The van der Waals surface area contributed by atoms with Crippen LogP contribution < -0.4 is 0 Å². The molecule has 0 aromatic carbocycles. The van der Waals surface area contributed by atoms with Gasteiger partial charge in [-0.3, -0.25) is 9.59 Å². The lowest BCUT2D eigenvalue weighted by molar-refractivity contribution is -0.141. The van der Waals surface area contributed by atoms with E-state index in [0.717, 1.165) is 32.1 Å². The Morgan fingerprint density at radius 1 is 1.00 bits per heavy atom. The molecule has 0 amide bonds. The molecule has 0 spiro atoms. The number of rotatable bonds is 10. The summed E-state index contributed by atoms with van der Waals surface area (Å²) in [7, 11) is 1.42. The van der Waals surface area contributed by atoms with Gasteiger partial charge >= 0.3 is 11.9 Å². The van der Waals surface area contributed by atoms with E-state index in [1.54, 1.807) is 0 Å². The summed E-state index contributed by atoms with van der Waals surface area (Å²) < 4.78 is 9.33. The fourth-order valence-corrected chi connectivity index (χ4v) is 1.52. The highest BCUT2D eigenvalue weighted by atomic mass is 16.5. The summed E-state index contributed by atoms with van der Waals surface area (Å²) in [6, 6.07) is 0. The molecular weight excluding hydrogens is 232 g/mol. The van der Waals surface area contributed by atoms with Gasteiger partial charge in [-0.2, -0.15) is 0 Å². The van der Waals surface area contributed by atoms with E-state index >= 15 is 0 Å². The molecule has 0 aliphatic heterocycles. The largest absolute Gasteiger partial charge is 0.469 e. The Kier molecular flexibility index (Phi) is 11.3. The van der Waals surface area contributed by atoms with Gasteiger partial charge in [-0.25, -0.2) is 0 Å². The van der Waals surface area contributed by atoms with Crippen molar-refractivity contribution in [2.45, 2.75) is 51.9 Å². The van der Waals surface area contributed by atoms with E-state index < -0.39 is 0 Å². The number of ether oxygens (including phenoxy) is 2. The first-order valence-electron chi connectivity index (χ1n) is 6.52. The molecule has 4 heteroatoms. The maximum atomic E-state index is 10.8. The maximum Gasteiger partial charge on any atom is 0.305 e. The molecule has 0 saturated heterocycles. The van der Waals surface area contributed by atoms with E-state index in [1.807, 2.05) is 12.2 Å². The third-order valence-corrected chi connectivity index (χ3v) is 2.53. The Labute approximate surface area is 109 Å². The Bertz CT molecular complexity index is 259. The quantitative estimate of drug-likeness (QED) is 0.342. The van der Waals surface area contributed by atoms with Gasteiger partial charge in [0.1, 0.15) is 6.61 Å². The van der Waals surface area contributed by atoms with Crippen LogP contribution in [-0.4, -0.2) is 25.7 Å². The highest BCUT2D eigenvalue weighted by Crippen LogP contribution is 2.07. The molecule has 0 N–H and O–H groups in total. The third kappa shape index (κ3) is 12.7. The molecule has 4 nitrogen and oxygen atoms in total. The van der Waals surface area contributed by atoms with Gasteiger partial charge in [0.15, 0.2) is 0 Å². The normalized spacial score (nSPS) is 10.6. The zero-order chi connectivity index (χ0) is 13.6.